The number of halogens is 2. The van der Waals surface area contributed by atoms with Gasteiger partial charge in [0.15, 0.2) is 0 Å². The number of rotatable bonds is 7. The smallest absolute Gasteiger partial charge is 0.337 e. The SMILES string of the molecule is O=C(O)c1ccccc1N/N=C/c1ccccc1OCc1ccc(Cl)cc1Cl. The predicted molar refractivity (Wildman–Crippen MR) is 112 cm³/mol. The molecule has 7 heteroatoms. The highest BCUT2D eigenvalue weighted by atomic mass is 35.5. The van der Waals surface area contributed by atoms with Crippen LogP contribution >= 0.6 is 23.2 Å². The number of para-hydroxylation sites is 2. The summed E-state index contributed by atoms with van der Waals surface area (Å²) in [6.45, 7) is 0.274. The molecule has 0 amide bonds. The molecule has 0 saturated heterocycles. The van der Waals surface area contributed by atoms with Crippen LogP contribution in [0.3, 0.4) is 0 Å². The number of nitrogens with zero attached hydrogens (tertiary/aromatic N) is 1. The molecule has 0 aromatic heterocycles. The molecule has 0 aliphatic heterocycles. The van der Waals surface area contributed by atoms with E-state index in [9.17, 15) is 9.90 Å². The van der Waals surface area contributed by atoms with Crippen LogP contribution in [0.25, 0.3) is 0 Å². The Morgan fingerprint density at radius 1 is 1.07 bits per heavy atom. The lowest BCUT2D eigenvalue weighted by Gasteiger charge is -2.10. The number of carboxylic acids is 1. The van der Waals surface area contributed by atoms with E-state index < -0.39 is 5.97 Å². The first-order valence-electron chi connectivity index (χ1n) is 8.32. The molecule has 0 bridgehead atoms. The lowest BCUT2D eigenvalue weighted by atomic mass is 10.2. The Bertz CT molecular complexity index is 1020. The van der Waals surface area contributed by atoms with Gasteiger partial charge in [-0.05, 0) is 36.4 Å². The van der Waals surface area contributed by atoms with Crippen LogP contribution in [0.2, 0.25) is 10.0 Å². The lowest BCUT2D eigenvalue weighted by Crippen LogP contribution is -2.03. The second kappa shape index (κ2) is 9.26. The van der Waals surface area contributed by atoms with Crippen molar-refractivity contribution in [2.24, 2.45) is 5.10 Å². The summed E-state index contributed by atoms with van der Waals surface area (Å²) in [7, 11) is 0. The third kappa shape index (κ3) is 5.03. The van der Waals surface area contributed by atoms with Crippen molar-refractivity contribution in [3.63, 3.8) is 0 Å². The fraction of sp³-hybridized carbons (Fsp3) is 0.0476. The van der Waals surface area contributed by atoms with Crippen LogP contribution in [0.15, 0.2) is 71.8 Å². The van der Waals surface area contributed by atoms with Crippen LogP contribution in [0.4, 0.5) is 5.69 Å². The summed E-state index contributed by atoms with van der Waals surface area (Å²) in [5.41, 5.74) is 4.84. The maximum absolute atomic E-state index is 11.2. The quantitative estimate of drug-likeness (QED) is 0.383. The largest absolute Gasteiger partial charge is 0.488 e. The highest BCUT2D eigenvalue weighted by molar-refractivity contribution is 6.35. The van der Waals surface area contributed by atoms with E-state index in [1.165, 1.54) is 6.07 Å². The Kier molecular flexibility index (Phi) is 6.53. The molecular formula is C21H16Cl2N2O3. The summed E-state index contributed by atoms with van der Waals surface area (Å²) in [5.74, 6) is -0.410. The van der Waals surface area contributed by atoms with Crippen LogP contribution in [0, 0.1) is 0 Å². The molecule has 0 spiro atoms. The summed E-state index contributed by atoms with van der Waals surface area (Å²) < 4.78 is 5.87. The number of hydrogen-bond donors (Lipinski definition) is 2. The minimum Gasteiger partial charge on any atom is -0.488 e. The van der Waals surface area contributed by atoms with Gasteiger partial charge >= 0.3 is 5.97 Å². The summed E-state index contributed by atoms with van der Waals surface area (Å²) in [6.07, 6.45) is 1.57. The first-order chi connectivity index (χ1) is 13.5. The molecule has 0 fully saturated rings. The van der Waals surface area contributed by atoms with E-state index in [-0.39, 0.29) is 12.2 Å². The van der Waals surface area contributed by atoms with Gasteiger partial charge in [0.25, 0.3) is 0 Å². The Balaban J connectivity index is 1.72. The number of benzene rings is 3. The van der Waals surface area contributed by atoms with Crippen molar-refractivity contribution >= 4 is 41.1 Å². The molecular weight excluding hydrogens is 399 g/mol. The second-order valence-electron chi connectivity index (χ2n) is 5.78. The summed E-state index contributed by atoms with van der Waals surface area (Å²) in [5, 5.41) is 14.4. The normalized spacial score (nSPS) is 10.8. The number of ether oxygens (including phenoxy) is 1. The van der Waals surface area contributed by atoms with Gasteiger partial charge in [0.05, 0.1) is 17.5 Å². The Labute approximate surface area is 172 Å². The van der Waals surface area contributed by atoms with Crippen molar-refractivity contribution in [1.29, 1.82) is 0 Å². The molecule has 142 valence electrons. The van der Waals surface area contributed by atoms with E-state index >= 15 is 0 Å². The molecule has 28 heavy (non-hydrogen) atoms. The number of anilines is 1. The van der Waals surface area contributed by atoms with Crippen LogP contribution in [-0.4, -0.2) is 17.3 Å². The van der Waals surface area contributed by atoms with Crippen molar-refractivity contribution < 1.29 is 14.6 Å². The highest BCUT2D eigenvalue weighted by Gasteiger charge is 2.08. The average molecular weight is 415 g/mol. The maximum Gasteiger partial charge on any atom is 0.337 e. The molecule has 3 aromatic rings. The fourth-order valence-electron chi connectivity index (χ4n) is 2.45. The minimum absolute atomic E-state index is 0.140. The standard InChI is InChI=1S/C21H16Cl2N2O3/c22-16-10-9-15(18(23)11-16)13-28-20-8-4-1-5-14(20)12-24-25-19-7-3-2-6-17(19)21(26)27/h1-12,25H,13H2,(H,26,27)/b24-12+. The monoisotopic (exact) mass is 414 g/mol. The fourth-order valence-corrected chi connectivity index (χ4v) is 2.91. The maximum atomic E-state index is 11.2. The van der Waals surface area contributed by atoms with Crippen molar-refractivity contribution in [3.8, 4) is 5.75 Å². The van der Waals surface area contributed by atoms with E-state index in [4.69, 9.17) is 27.9 Å². The van der Waals surface area contributed by atoms with Crippen molar-refractivity contribution in [1.82, 2.24) is 0 Å². The van der Waals surface area contributed by atoms with E-state index in [2.05, 4.69) is 10.5 Å². The van der Waals surface area contributed by atoms with Gasteiger partial charge in [-0.15, -0.1) is 0 Å². The van der Waals surface area contributed by atoms with Crippen molar-refractivity contribution in [2.75, 3.05) is 5.43 Å². The molecule has 3 rings (SSSR count). The molecule has 2 N–H and O–H groups in total. The summed E-state index contributed by atoms with van der Waals surface area (Å²) >= 11 is 12.1. The molecule has 0 atom stereocenters. The molecule has 5 nitrogen and oxygen atoms in total. The third-order valence-corrected chi connectivity index (χ3v) is 4.45. The van der Waals surface area contributed by atoms with E-state index in [1.54, 1.807) is 36.5 Å². The minimum atomic E-state index is -1.03. The van der Waals surface area contributed by atoms with Gasteiger partial charge in [0, 0.05) is 21.2 Å². The molecule has 0 saturated carbocycles. The van der Waals surface area contributed by atoms with Gasteiger partial charge < -0.3 is 9.84 Å². The zero-order chi connectivity index (χ0) is 19.9. The number of carbonyl (C=O) groups is 1. The zero-order valence-corrected chi connectivity index (χ0v) is 16.1. The van der Waals surface area contributed by atoms with Gasteiger partial charge in [-0.3, -0.25) is 5.43 Å². The first kappa shape index (κ1) is 19.7. The second-order valence-corrected chi connectivity index (χ2v) is 6.63. The van der Waals surface area contributed by atoms with Crippen LogP contribution in [-0.2, 0) is 6.61 Å². The summed E-state index contributed by atoms with van der Waals surface area (Å²) in [6, 6.07) is 19.1. The molecule has 0 unspecified atom stereocenters. The number of hydrogen-bond acceptors (Lipinski definition) is 4. The Morgan fingerprint density at radius 3 is 2.61 bits per heavy atom. The van der Waals surface area contributed by atoms with Gasteiger partial charge in [-0.1, -0.05) is 53.5 Å². The number of nitrogens with one attached hydrogen (secondary N) is 1. The third-order valence-electron chi connectivity index (χ3n) is 3.86. The molecule has 0 aliphatic carbocycles. The lowest BCUT2D eigenvalue weighted by molar-refractivity contribution is 0.0698. The van der Waals surface area contributed by atoms with E-state index in [1.807, 2.05) is 30.3 Å². The van der Waals surface area contributed by atoms with Crippen LogP contribution in [0.1, 0.15) is 21.5 Å². The first-order valence-corrected chi connectivity index (χ1v) is 9.07. The van der Waals surface area contributed by atoms with Crippen LogP contribution < -0.4 is 10.2 Å². The van der Waals surface area contributed by atoms with Crippen LogP contribution in [0.5, 0.6) is 5.75 Å². The topological polar surface area (TPSA) is 70.9 Å². The number of carboxylic acid groups (broad SMARTS) is 1. The van der Waals surface area contributed by atoms with Gasteiger partial charge in [-0.2, -0.15) is 5.10 Å². The Morgan fingerprint density at radius 2 is 1.82 bits per heavy atom. The Hall–Kier alpha value is -3.02. The molecule has 3 aromatic carbocycles. The molecule has 0 aliphatic rings. The molecule has 0 radical (unpaired) electrons. The summed E-state index contributed by atoms with van der Waals surface area (Å²) in [4.78, 5) is 11.2. The number of aromatic carboxylic acids is 1. The zero-order valence-electron chi connectivity index (χ0n) is 14.6. The van der Waals surface area contributed by atoms with Crippen molar-refractivity contribution in [3.05, 3.63) is 93.5 Å². The van der Waals surface area contributed by atoms with E-state index in [0.717, 1.165) is 11.1 Å². The van der Waals surface area contributed by atoms with Gasteiger partial charge in [0.1, 0.15) is 12.4 Å². The highest BCUT2D eigenvalue weighted by Crippen LogP contribution is 2.24. The van der Waals surface area contributed by atoms with Gasteiger partial charge in [-0.25, -0.2) is 4.79 Å². The van der Waals surface area contributed by atoms with Gasteiger partial charge in [0.2, 0.25) is 0 Å². The van der Waals surface area contributed by atoms with Crippen molar-refractivity contribution in [2.45, 2.75) is 6.61 Å². The molecule has 0 heterocycles. The van der Waals surface area contributed by atoms with E-state index in [0.29, 0.717) is 21.5 Å². The number of hydrazone groups is 1. The average Bonchev–Trinajstić information content (AvgIpc) is 2.68. The predicted octanol–water partition coefficient (Wildman–Crippen LogP) is 5.72.